The highest BCUT2D eigenvalue weighted by molar-refractivity contribution is 6.30. The minimum absolute atomic E-state index is 0. The van der Waals surface area contributed by atoms with Gasteiger partial charge >= 0.3 is 0 Å². The van der Waals surface area contributed by atoms with Crippen LogP contribution in [0.25, 0.3) is 0 Å². The van der Waals surface area contributed by atoms with Gasteiger partial charge in [-0.3, -0.25) is 0 Å². The minimum Gasteiger partial charge on any atom is -1.00 e. The molecule has 0 aliphatic carbocycles. The van der Waals surface area contributed by atoms with E-state index in [1.807, 2.05) is 12.1 Å². The number of nitrogens with zero attached hydrogens (tertiary/aromatic N) is 1. The lowest BCUT2D eigenvalue weighted by Crippen LogP contribution is -3.00. The quantitative estimate of drug-likeness (QED) is 0.679. The van der Waals surface area contributed by atoms with Gasteiger partial charge in [-0.25, -0.2) is 0 Å². The summed E-state index contributed by atoms with van der Waals surface area (Å²) in [5.74, 6) is 0. The Balaban J connectivity index is 0.00000120. The van der Waals surface area contributed by atoms with Crippen molar-refractivity contribution in [3.63, 3.8) is 0 Å². The Morgan fingerprint density at radius 3 is 2.44 bits per heavy atom. The van der Waals surface area contributed by atoms with E-state index in [9.17, 15) is 0 Å². The third-order valence-corrected chi connectivity index (χ3v) is 3.38. The Kier molecular flexibility index (Phi) is 4.20. The zero-order valence-electron chi connectivity index (χ0n) is 9.81. The van der Waals surface area contributed by atoms with Gasteiger partial charge in [0.25, 0.3) is 0 Å². The van der Waals surface area contributed by atoms with Crippen LogP contribution < -0.4 is 17.0 Å². The molecule has 3 rings (SSSR count). The molecule has 3 heteroatoms. The third-order valence-electron chi connectivity index (χ3n) is 3.13. The fourth-order valence-corrected chi connectivity index (χ4v) is 2.32. The van der Waals surface area contributed by atoms with E-state index >= 15 is 0 Å². The highest BCUT2D eigenvalue weighted by Crippen LogP contribution is 2.20. The van der Waals surface area contributed by atoms with Crippen LogP contribution in [0.2, 0.25) is 5.02 Å². The molecular formula is C15H13BrClN. The predicted octanol–water partition coefficient (Wildman–Crippen LogP) is 0.663. The van der Waals surface area contributed by atoms with Crippen LogP contribution in [0.15, 0.2) is 48.5 Å². The van der Waals surface area contributed by atoms with Crippen molar-refractivity contribution in [2.24, 2.45) is 0 Å². The van der Waals surface area contributed by atoms with Crippen LogP contribution in [0.1, 0.15) is 11.1 Å². The number of fused-ring (bicyclic) bond motifs is 1. The van der Waals surface area contributed by atoms with Crippen molar-refractivity contribution >= 4 is 23.5 Å². The van der Waals surface area contributed by atoms with E-state index in [1.165, 1.54) is 16.8 Å². The first-order valence-electron chi connectivity index (χ1n) is 5.78. The summed E-state index contributed by atoms with van der Waals surface area (Å²) in [6.45, 7) is 1.03. The molecule has 1 heterocycles. The fourth-order valence-electron chi connectivity index (χ4n) is 2.20. The molecule has 0 saturated carbocycles. The summed E-state index contributed by atoms with van der Waals surface area (Å²) in [7, 11) is 0. The number of hydrogen-bond acceptors (Lipinski definition) is 0. The average Bonchev–Trinajstić information content (AvgIpc) is 2.39. The second-order valence-corrected chi connectivity index (χ2v) is 4.68. The number of rotatable bonds is 1. The molecule has 0 unspecified atom stereocenters. The Bertz CT molecular complexity index is 575. The van der Waals surface area contributed by atoms with Crippen LogP contribution in [-0.2, 0) is 6.42 Å². The third kappa shape index (κ3) is 2.65. The normalized spacial score (nSPS) is 13.3. The molecule has 0 amide bonds. The van der Waals surface area contributed by atoms with Gasteiger partial charge in [0.05, 0.1) is 0 Å². The molecule has 2 aromatic carbocycles. The van der Waals surface area contributed by atoms with Gasteiger partial charge in [0.2, 0.25) is 5.69 Å². The zero-order valence-corrected chi connectivity index (χ0v) is 12.2. The smallest absolute Gasteiger partial charge is 0.205 e. The standard InChI is InChI=1S/C15H13ClN.BrH/c16-14-5-7-15(8-6-14)17-10-9-12-3-1-2-4-13(12)11-17;/h1-8,11H,9-10H2;1H/q+1;/p-1. The Labute approximate surface area is 122 Å². The number of halogens is 2. The summed E-state index contributed by atoms with van der Waals surface area (Å²) in [4.78, 5) is 0. The van der Waals surface area contributed by atoms with Crippen molar-refractivity contribution in [3.05, 3.63) is 64.7 Å². The molecule has 1 nitrogen and oxygen atoms in total. The molecule has 0 aromatic heterocycles. The SMILES string of the molecule is Clc1ccc([N+]2=Cc3ccccc3CC2)cc1.[Br-]. The summed E-state index contributed by atoms with van der Waals surface area (Å²) < 4.78 is 2.28. The molecule has 0 spiro atoms. The van der Waals surface area contributed by atoms with E-state index in [2.05, 4.69) is 47.2 Å². The molecule has 0 radical (unpaired) electrons. The Hall–Kier alpha value is -1.12. The Morgan fingerprint density at radius 1 is 0.944 bits per heavy atom. The van der Waals surface area contributed by atoms with Crippen molar-refractivity contribution in [3.8, 4) is 0 Å². The monoisotopic (exact) mass is 321 g/mol. The van der Waals surface area contributed by atoms with Crippen molar-refractivity contribution in [2.75, 3.05) is 6.54 Å². The number of hydrogen-bond donors (Lipinski definition) is 0. The van der Waals surface area contributed by atoms with E-state index in [-0.39, 0.29) is 17.0 Å². The van der Waals surface area contributed by atoms with E-state index in [0.29, 0.717) is 0 Å². The van der Waals surface area contributed by atoms with E-state index < -0.39 is 0 Å². The van der Waals surface area contributed by atoms with Crippen molar-refractivity contribution in [1.82, 2.24) is 0 Å². The van der Waals surface area contributed by atoms with Crippen molar-refractivity contribution in [1.29, 1.82) is 0 Å². The molecule has 92 valence electrons. The summed E-state index contributed by atoms with van der Waals surface area (Å²) in [5, 5.41) is 0.783. The van der Waals surface area contributed by atoms with Gasteiger partial charge in [0, 0.05) is 29.1 Å². The van der Waals surface area contributed by atoms with Crippen LogP contribution in [-0.4, -0.2) is 17.3 Å². The maximum Gasteiger partial charge on any atom is 0.205 e. The van der Waals surface area contributed by atoms with Gasteiger partial charge in [-0.05, 0) is 23.8 Å². The zero-order chi connectivity index (χ0) is 11.7. The maximum atomic E-state index is 5.90. The van der Waals surface area contributed by atoms with Gasteiger partial charge in [0.1, 0.15) is 0 Å². The topological polar surface area (TPSA) is 3.01 Å². The van der Waals surface area contributed by atoms with Crippen LogP contribution in [0.4, 0.5) is 5.69 Å². The van der Waals surface area contributed by atoms with Gasteiger partial charge in [-0.2, -0.15) is 4.58 Å². The van der Waals surface area contributed by atoms with Gasteiger partial charge in [-0.1, -0.05) is 29.8 Å². The van der Waals surface area contributed by atoms with Crippen LogP contribution in [0.5, 0.6) is 0 Å². The van der Waals surface area contributed by atoms with E-state index in [4.69, 9.17) is 11.6 Å². The lowest BCUT2D eigenvalue weighted by Gasteiger charge is -2.11. The van der Waals surface area contributed by atoms with E-state index in [1.54, 1.807) is 0 Å². The minimum atomic E-state index is 0. The molecule has 1 aliphatic rings. The first-order valence-corrected chi connectivity index (χ1v) is 6.16. The molecule has 0 atom stereocenters. The van der Waals surface area contributed by atoms with Crippen LogP contribution in [0.3, 0.4) is 0 Å². The second kappa shape index (κ2) is 5.68. The predicted molar refractivity (Wildman–Crippen MR) is 71.6 cm³/mol. The fraction of sp³-hybridized carbons (Fsp3) is 0.133. The highest BCUT2D eigenvalue weighted by Gasteiger charge is 2.16. The molecule has 2 aromatic rings. The van der Waals surface area contributed by atoms with E-state index in [0.717, 1.165) is 18.0 Å². The van der Waals surface area contributed by atoms with Crippen LogP contribution >= 0.6 is 11.6 Å². The molecule has 0 N–H and O–H groups in total. The highest BCUT2D eigenvalue weighted by atomic mass is 79.9. The van der Waals surface area contributed by atoms with Crippen molar-refractivity contribution in [2.45, 2.75) is 6.42 Å². The lowest BCUT2D eigenvalue weighted by atomic mass is 10.0. The molecular weight excluding hydrogens is 310 g/mol. The molecule has 18 heavy (non-hydrogen) atoms. The summed E-state index contributed by atoms with van der Waals surface area (Å²) in [5.41, 5.74) is 3.94. The van der Waals surface area contributed by atoms with Gasteiger partial charge in [-0.15, -0.1) is 0 Å². The summed E-state index contributed by atoms with van der Waals surface area (Å²) >= 11 is 5.90. The van der Waals surface area contributed by atoms with Crippen LogP contribution in [0, 0.1) is 0 Å². The maximum absolute atomic E-state index is 5.90. The lowest BCUT2D eigenvalue weighted by molar-refractivity contribution is -0.436. The molecule has 0 saturated heterocycles. The molecule has 1 aliphatic heterocycles. The average molecular weight is 323 g/mol. The van der Waals surface area contributed by atoms with Gasteiger partial charge in [0.15, 0.2) is 12.8 Å². The molecule has 0 fully saturated rings. The molecule has 0 bridgehead atoms. The van der Waals surface area contributed by atoms with Gasteiger partial charge < -0.3 is 17.0 Å². The Morgan fingerprint density at radius 2 is 1.67 bits per heavy atom. The first kappa shape index (κ1) is 13.3. The summed E-state index contributed by atoms with van der Waals surface area (Å²) in [6.07, 6.45) is 3.30. The number of benzene rings is 2. The second-order valence-electron chi connectivity index (χ2n) is 4.25. The first-order chi connectivity index (χ1) is 8.33. The largest absolute Gasteiger partial charge is 1.00 e. The summed E-state index contributed by atoms with van der Waals surface area (Å²) in [6, 6.07) is 16.5. The van der Waals surface area contributed by atoms with Crippen molar-refractivity contribution < 1.29 is 21.6 Å².